The maximum absolute atomic E-state index is 10.8. The highest BCUT2D eigenvalue weighted by molar-refractivity contribution is 5.91. The van der Waals surface area contributed by atoms with E-state index >= 15 is 0 Å². The van der Waals surface area contributed by atoms with E-state index in [1.165, 1.54) is 13.0 Å². The second kappa shape index (κ2) is 4.54. The topological polar surface area (TPSA) is 72.2 Å². The average molecular weight is 208 g/mol. The molecule has 0 spiro atoms. The highest BCUT2D eigenvalue weighted by Crippen LogP contribution is 2.25. The van der Waals surface area contributed by atoms with E-state index in [0.29, 0.717) is 0 Å². The van der Waals surface area contributed by atoms with Gasteiger partial charge in [-0.2, -0.15) is 0 Å². The Balaban J connectivity index is 3.15. The summed E-state index contributed by atoms with van der Waals surface area (Å²) in [7, 11) is 0. The number of hydrogen-bond acceptors (Lipinski definition) is 3. The van der Waals surface area contributed by atoms with Crippen LogP contribution in [0, 0.1) is 10.1 Å². The molecule has 5 nitrogen and oxygen atoms in total. The van der Waals surface area contributed by atoms with Crippen LogP contribution in [0.1, 0.15) is 19.4 Å². The number of nitrogens with zero attached hydrogens (tertiary/aromatic N) is 1. The van der Waals surface area contributed by atoms with Crippen LogP contribution in [-0.2, 0) is 11.2 Å². The van der Waals surface area contributed by atoms with E-state index in [0.717, 1.165) is 12.0 Å². The second-order valence-electron chi connectivity index (χ2n) is 3.14. The van der Waals surface area contributed by atoms with Crippen molar-refractivity contribution in [1.29, 1.82) is 0 Å². The Morgan fingerprint density at radius 3 is 2.67 bits per heavy atom. The van der Waals surface area contributed by atoms with Gasteiger partial charge < -0.3 is 5.32 Å². The summed E-state index contributed by atoms with van der Waals surface area (Å²) in [6.45, 7) is 3.23. The minimum atomic E-state index is -0.496. The summed E-state index contributed by atoms with van der Waals surface area (Å²) in [4.78, 5) is 21.0. The molecular formula is C10H12N2O3. The average Bonchev–Trinajstić information content (AvgIpc) is 2.17. The van der Waals surface area contributed by atoms with Gasteiger partial charge in [0.1, 0.15) is 5.69 Å². The Morgan fingerprint density at radius 2 is 2.20 bits per heavy atom. The van der Waals surface area contributed by atoms with Crippen LogP contribution in [-0.4, -0.2) is 10.8 Å². The number of nitro benzene ring substituents is 1. The normalized spacial score (nSPS) is 9.73. The molecule has 80 valence electrons. The third kappa shape index (κ3) is 2.77. The van der Waals surface area contributed by atoms with Crippen LogP contribution in [0.15, 0.2) is 18.2 Å². The van der Waals surface area contributed by atoms with E-state index in [4.69, 9.17) is 0 Å². The fourth-order valence-electron chi connectivity index (χ4n) is 1.24. The monoisotopic (exact) mass is 208 g/mol. The molecule has 15 heavy (non-hydrogen) atoms. The molecule has 0 aliphatic rings. The Kier molecular flexibility index (Phi) is 3.38. The summed E-state index contributed by atoms with van der Waals surface area (Å²) in [6, 6.07) is 4.79. The molecule has 0 saturated carbocycles. The van der Waals surface area contributed by atoms with E-state index in [-0.39, 0.29) is 17.3 Å². The fraction of sp³-hybridized carbons (Fsp3) is 0.300. The lowest BCUT2D eigenvalue weighted by atomic mass is 10.1. The summed E-state index contributed by atoms with van der Waals surface area (Å²) in [5.74, 6) is -0.317. The van der Waals surface area contributed by atoms with Crippen molar-refractivity contribution in [2.24, 2.45) is 0 Å². The second-order valence-corrected chi connectivity index (χ2v) is 3.14. The first-order chi connectivity index (χ1) is 7.04. The molecule has 0 aromatic heterocycles. The maximum Gasteiger partial charge on any atom is 0.293 e. The zero-order chi connectivity index (χ0) is 11.4. The third-order valence-electron chi connectivity index (χ3n) is 1.98. The molecule has 0 aliphatic carbocycles. The summed E-state index contributed by atoms with van der Waals surface area (Å²) in [5, 5.41) is 13.2. The van der Waals surface area contributed by atoms with Crippen molar-refractivity contribution >= 4 is 17.3 Å². The highest BCUT2D eigenvalue weighted by Gasteiger charge is 2.14. The number of aryl methyl sites for hydroxylation is 1. The molecule has 1 N–H and O–H groups in total. The molecule has 0 atom stereocenters. The third-order valence-corrected chi connectivity index (χ3v) is 1.98. The predicted octanol–water partition coefficient (Wildman–Crippen LogP) is 2.12. The van der Waals surface area contributed by atoms with Gasteiger partial charge in [-0.1, -0.05) is 13.0 Å². The standard InChI is InChI=1S/C10H12N2O3/c1-3-8-4-5-9(11-7(2)13)10(6-8)12(14)15/h4-6H,3H2,1-2H3,(H,11,13). The summed E-state index contributed by atoms with van der Waals surface area (Å²) in [5.41, 5.74) is 1.05. The first-order valence-corrected chi connectivity index (χ1v) is 4.59. The van der Waals surface area contributed by atoms with Crippen LogP contribution < -0.4 is 5.32 Å². The lowest BCUT2D eigenvalue weighted by Crippen LogP contribution is -2.08. The maximum atomic E-state index is 10.8. The Morgan fingerprint density at radius 1 is 1.53 bits per heavy atom. The van der Waals surface area contributed by atoms with E-state index in [9.17, 15) is 14.9 Å². The zero-order valence-electron chi connectivity index (χ0n) is 8.61. The van der Waals surface area contributed by atoms with Gasteiger partial charge in [-0.05, 0) is 18.1 Å². The first kappa shape index (κ1) is 11.2. The molecule has 1 aromatic rings. The minimum Gasteiger partial charge on any atom is -0.321 e. The van der Waals surface area contributed by atoms with Gasteiger partial charge in [0.05, 0.1) is 4.92 Å². The van der Waals surface area contributed by atoms with Gasteiger partial charge in [0.25, 0.3) is 5.69 Å². The van der Waals surface area contributed by atoms with Gasteiger partial charge in [0, 0.05) is 13.0 Å². The molecule has 1 amide bonds. The number of hydrogen-bond donors (Lipinski definition) is 1. The van der Waals surface area contributed by atoms with Crippen molar-refractivity contribution in [2.45, 2.75) is 20.3 Å². The number of amides is 1. The number of nitrogens with one attached hydrogen (secondary N) is 1. The quantitative estimate of drug-likeness (QED) is 0.610. The highest BCUT2D eigenvalue weighted by atomic mass is 16.6. The lowest BCUT2D eigenvalue weighted by molar-refractivity contribution is -0.384. The molecule has 0 aliphatic heterocycles. The predicted molar refractivity (Wildman–Crippen MR) is 56.8 cm³/mol. The first-order valence-electron chi connectivity index (χ1n) is 4.59. The molecule has 0 fully saturated rings. The van der Waals surface area contributed by atoms with Gasteiger partial charge in [-0.15, -0.1) is 0 Å². The van der Waals surface area contributed by atoms with E-state index < -0.39 is 4.92 Å². The largest absolute Gasteiger partial charge is 0.321 e. The van der Waals surface area contributed by atoms with Gasteiger partial charge >= 0.3 is 0 Å². The Labute approximate surface area is 87.3 Å². The minimum absolute atomic E-state index is 0.0652. The van der Waals surface area contributed by atoms with Crippen molar-refractivity contribution < 1.29 is 9.72 Å². The summed E-state index contributed by atoms with van der Waals surface area (Å²) < 4.78 is 0. The summed E-state index contributed by atoms with van der Waals surface area (Å²) >= 11 is 0. The molecule has 0 saturated heterocycles. The molecule has 0 heterocycles. The molecule has 0 radical (unpaired) electrons. The van der Waals surface area contributed by atoms with Gasteiger partial charge in [0.2, 0.25) is 5.91 Å². The molecule has 1 rings (SSSR count). The molecule has 0 bridgehead atoms. The van der Waals surface area contributed by atoms with E-state index in [1.54, 1.807) is 12.1 Å². The SMILES string of the molecule is CCc1ccc(NC(C)=O)c([N+](=O)[O-])c1. The van der Waals surface area contributed by atoms with Crippen LogP contribution in [0.3, 0.4) is 0 Å². The van der Waals surface area contributed by atoms with Gasteiger partial charge in [0.15, 0.2) is 0 Å². The number of benzene rings is 1. The molecule has 1 aromatic carbocycles. The van der Waals surface area contributed by atoms with Crippen molar-refractivity contribution in [3.8, 4) is 0 Å². The molecule has 0 unspecified atom stereocenters. The van der Waals surface area contributed by atoms with E-state index in [2.05, 4.69) is 5.32 Å². The van der Waals surface area contributed by atoms with Crippen molar-refractivity contribution in [1.82, 2.24) is 0 Å². The van der Waals surface area contributed by atoms with Crippen molar-refractivity contribution in [3.63, 3.8) is 0 Å². The van der Waals surface area contributed by atoms with E-state index in [1.807, 2.05) is 6.92 Å². The molecular weight excluding hydrogens is 196 g/mol. The number of carbonyl (C=O) groups excluding carboxylic acids is 1. The fourth-order valence-corrected chi connectivity index (χ4v) is 1.24. The number of nitro groups is 1. The Bertz CT molecular complexity index is 402. The number of rotatable bonds is 3. The Hall–Kier alpha value is -1.91. The van der Waals surface area contributed by atoms with Crippen LogP contribution in [0.5, 0.6) is 0 Å². The smallest absolute Gasteiger partial charge is 0.293 e. The van der Waals surface area contributed by atoms with Crippen molar-refractivity contribution in [2.75, 3.05) is 5.32 Å². The van der Waals surface area contributed by atoms with Crippen LogP contribution in [0.25, 0.3) is 0 Å². The number of carbonyl (C=O) groups is 1. The number of anilines is 1. The zero-order valence-corrected chi connectivity index (χ0v) is 8.61. The van der Waals surface area contributed by atoms with Crippen molar-refractivity contribution in [3.05, 3.63) is 33.9 Å². The van der Waals surface area contributed by atoms with Gasteiger partial charge in [-0.3, -0.25) is 14.9 Å². The van der Waals surface area contributed by atoms with Crippen LogP contribution in [0.4, 0.5) is 11.4 Å². The summed E-state index contributed by atoms with van der Waals surface area (Å²) in [6.07, 6.45) is 0.723. The molecule has 5 heteroatoms. The van der Waals surface area contributed by atoms with Crippen LogP contribution in [0.2, 0.25) is 0 Å². The lowest BCUT2D eigenvalue weighted by Gasteiger charge is -2.04. The van der Waals surface area contributed by atoms with Gasteiger partial charge in [-0.25, -0.2) is 0 Å². The van der Waals surface area contributed by atoms with Crippen LogP contribution >= 0.6 is 0 Å².